The zero-order valence-electron chi connectivity index (χ0n) is 11.0. The van der Waals surface area contributed by atoms with Gasteiger partial charge in [-0.15, -0.1) is 0 Å². The Labute approximate surface area is 126 Å². The van der Waals surface area contributed by atoms with Gasteiger partial charge < -0.3 is 10.4 Å². The van der Waals surface area contributed by atoms with Gasteiger partial charge in [0.2, 0.25) is 0 Å². The van der Waals surface area contributed by atoms with Crippen LogP contribution in [0.5, 0.6) is 0 Å². The van der Waals surface area contributed by atoms with Crippen LogP contribution < -0.4 is 5.32 Å². The van der Waals surface area contributed by atoms with E-state index in [-0.39, 0.29) is 11.8 Å². The van der Waals surface area contributed by atoms with E-state index in [2.05, 4.69) is 27.9 Å². The van der Waals surface area contributed by atoms with E-state index in [1.54, 1.807) is 12.1 Å². The molecule has 1 unspecified atom stereocenters. The third-order valence-electron chi connectivity index (χ3n) is 3.19. The van der Waals surface area contributed by atoms with E-state index in [0.29, 0.717) is 5.56 Å². The lowest BCUT2D eigenvalue weighted by molar-refractivity contribution is -0.140. The lowest BCUT2D eigenvalue weighted by Crippen LogP contribution is -2.45. The summed E-state index contributed by atoms with van der Waals surface area (Å²) in [6.45, 7) is 3.87. The molecular weight excluding hydrogens is 357 g/mol. The quantitative estimate of drug-likeness (QED) is 0.752. The first kappa shape index (κ1) is 15.9. The molecule has 19 heavy (non-hydrogen) atoms. The Morgan fingerprint density at radius 1 is 1.26 bits per heavy atom. The van der Waals surface area contributed by atoms with Crippen molar-refractivity contribution in [1.82, 2.24) is 5.32 Å². The molecule has 0 fully saturated rings. The molecule has 0 saturated carbocycles. The number of aliphatic carboxylic acids is 1. The number of halogens is 1. The third kappa shape index (κ3) is 4.19. The number of benzene rings is 1. The van der Waals surface area contributed by atoms with Crippen molar-refractivity contribution in [3.8, 4) is 0 Å². The predicted molar refractivity (Wildman–Crippen MR) is 82.1 cm³/mol. The Hall–Kier alpha value is -1.11. The maximum Gasteiger partial charge on any atom is 0.326 e. The number of rotatable bonds is 6. The SMILES string of the molecule is CCC(CC)C(NC(=O)c1ccccc1I)C(=O)O. The fourth-order valence-corrected chi connectivity index (χ4v) is 2.64. The standard InChI is InChI=1S/C14H18INO3/c1-3-9(4-2)12(14(18)19)16-13(17)10-7-5-6-8-11(10)15/h5-9,12H,3-4H2,1-2H3,(H,16,17)(H,18,19). The van der Waals surface area contributed by atoms with Crippen molar-refractivity contribution in [2.75, 3.05) is 0 Å². The monoisotopic (exact) mass is 375 g/mol. The Bertz CT molecular complexity index is 458. The molecule has 0 aliphatic rings. The van der Waals surface area contributed by atoms with Gasteiger partial charge in [0, 0.05) is 3.57 Å². The van der Waals surface area contributed by atoms with Crippen molar-refractivity contribution in [3.05, 3.63) is 33.4 Å². The average Bonchev–Trinajstić information content (AvgIpc) is 2.39. The summed E-state index contributed by atoms with van der Waals surface area (Å²) in [7, 11) is 0. The van der Waals surface area contributed by atoms with Crippen LogP contribution in [0.1, 0.15) is 37.0 Å². The molecule has 0 heterocycles. The van der Waals surface area contributed by atoms with Crippen molar-refractivity contribution in [1.29, 1.82) is 0 Å². The molecule has 4 nitrogen and oxygen atoms in total. The van der Waals surface area contributed by atoms with Crippen LogP contribution in [0.25, 0.3) is 0 Å². The molecule has 0 saturated heterocycles. The number of hydrogen-bond donors (Lipinski definition) is 2. The maximum absolute atomic E-state index is 12.1. The zero-order valence-corrected chi connectivity index (χ0v) is 13.2. The van der Waals surface area contributed by atoms with E-state index in [9.17, 15) is 14.7 Å². The lowest BCUT2D eigenvalue weighted by atomic mass is 9.94. The largest absolute Gasteiger partial charge is 0.480 e. The second-order valence-corrected chi connectivity index (χ2v) is 5.51. The van der Waals surface area contributed by atoms with E-state index in [1.165, 1.54) is 0 Å². The van der Waals surface area contributed by atoms with Crippen LogP contribution in [0.2, 0.25) is 0 Å². The molecule has 0 spiro atoms. The van der Waals surface area contributed by atoms with Crippen molar-refractivity contribution in [2.45, 2.75) is 32.7 Å². The van der Waals surface area contributed by atoms with Gasteiger partial charge in [-0.25, -0.2) is 4.79 Å². The molecular formula is C14H18INO3. The highest BCUT2D eigenvalue weighted by Crippen LogP contribution is 2.16. The van der Waals surface area contributed by atoms with Crippen molar-refractivity contribution >= 4 is 34.5 Å². The van der Waals surface area contributed by atoms with Gasteiger partial charge >= 0.3 is 5.97 Å². The number of carbonyl (C=O) groups is 2. The zero-order chi connectivity index (χ0) is 14.4. The van der Waals surface area contributed by atoms with Crippen LogP contribution >= 0.6 is 22.6 Å². The summed E-state index contributed by atoms with van der Waals surface area (Å²) in [5, 5.41) is 11.9. The highest BCUT2D eigenvalue weighted by molar-refractivity contribution is 14.1. The van der Waals surface area contributed by atoms with Crippen LogP contribution in [0.15, 0.2) is 24.3 Å². The van der Waals surface area contributed by atoms with Crippen molar-refractivity contribution in [2.24, 2.45) is 5.92 Å². The number of carboxylic acids is 1. The first-order chi connectivity index (χ1) is 9.01. The minimum Gasteiger partial charge on any atom is -0.480 e. The lowest BCUT2D eigenvalue weighted by Gasteiger charge is -2.22. The van der Waals surface area contributed by atoms with Gasteiger partial charge in [-0.05, 0) is 40.6 Å². The fraction of sp³-hybridized carbons (Fsp3) is 0.429. The molecule has 1 aromatic carbocycles. The summed E-state index contributed by atoms with van der Waals surface area (Å²) in [5.74, 6) is -1.36. The first-order valence-corrected chi connectivity index (χ1v) is 7.37. The summed E-state index contributed by atoms with van der Waals surface area (Å²) in [5.41, 5.74) is 0.514. The number of carboxylic acid groups (broad SMARTS) is 1. The second-order valence-electron chi connectivity index (χ2n) is 4.35. The van der Waals surface area contributed by atoms with E-state index < -0.39 is 12.0 Å². The Balaban J connectivity index is 2.89. The number of carbonyl (C=O) groups excluding carboxylic acids is 1. The molecule has 0 aliphatic heterocycles. The molecule has 0 aliphatic carbocycles. The first-order valence-electron chi connectivity index (χ1n) is 6.29. The minimum atomic E-state index is -0.979. The molecule has 1 rings (SSSR count). The summed E-state index contributed by atoms with van der Waals surface area (Å²) in [6.07, 6.45) is 1.44. The Kier molecular flexibility index (Phi) is 6.27. The van der Waals surface area contributed by atoms with Crippen LogP contribution in [-0.4, -0.2) is 23.0 Å². The molecule has 0 bridgehead atoms. The molecule has 104 valence electrons. The summed E-state index contributed by atoms with van der Waals surface area (Å²) >= 11 is 2.07. The molecule has 1 aromatic rings. The molecule has 5 heteroatoms. The predicted octanol–water partition coefficient (Wildman–Crippen LogP) is 2.91. The molecule has 1 amide bonds. The summed E-state index contributed by atoms with van der Waals surface area (Å²) in [6, 6.07) is 6.29. The average molecular weight is 375 g/mol. The maximum atomic E-state index is 12.1. The van der Waals surface area contributed by atoms with Gasteiger partial charge in [-0.1, -0.05) is 38.8 Å². The smallest absolute Gasteiger partial charge is 0.326 e. The number of amides is 1. The minimum absolute atomic E-state index is 0.0529. The molecule has 1 atom stereocenters. The fourth-order valence-electron chi connectivity index (χ4n) is 2.01. The van der Waals surface area contributed by atoms with Gasteiger partial charge in [-0.2, -0.15) is 0 Å². The molecule has 0 radical (unpaired) electrons. The van der Waals surface area contributed by atoms with Crippen LogP contribution in [-0.2, 0) is 4.79 Å². The van der Waals surface area contributed by atoms with Crippen molar-refractivity contribution < 1.29 is 14.7 Å². The van der Waals surface area contributed by atoms with Gasteiger partial charge in [0.15, 0.2) is 0 Å². The Morgan fingerprint density at radius 2 is 1.84 bits per heavy atom. The van der Waals surface area contributed by atoms with E-state index >= 15 is 0 Å². The van der Waals surface area contributed by atoms with Crippen LogP contribution in [0.3, 0.4) is 0 Å². The Morgan fingerprint density at radius 3 is 2.32 bits per heavy atom. The molecule has 2 N–H and O–H groups in total. The second kappa shape index (κ2) is 7.47. The summed E-state index contributed by atoms with van der Waals surface area (Å²) in [4.78, 5) is 23.4. The van der Waals surface area contributed by atoms with Crippen LogP contribution in [0, 0.1) is 9.49 Å². The van der Waals surface area contributed by atoms with Gasteiger partial charge in [0.05, 0.1) is 5.56 Å². The highest BCUT2D eigenvalue weighted by atomic mass is 127. The summed E-state index contributed by atoms with van der Waals surface area (Å²) < 4.78 is 0.811. The highest BCUT2D eigenvalue weighted by Gasteiger charge is 2.27. The van der Waals surface area contributed by atoms with Gasteiger partial charge in [-0.3, -0.25) is 4.79 Å². The van der Waals surface area contributed by atoms with E-state index in [4.69, 9.17) is 0 Å². The number of hydrogen-bond acceptors (Lipinski definition) is 2. The number of nitrogens with one attached hydrogen (secondary N) is 1. The van der Waals surface area contributed by atoms with E-state index in [0.717, 1.165) is 16.4 Å². The van der Waals surface area contributed by atoms with E-state index in [1.807, 2.05) is 26.0 Å². The van der Waals surface area contributed by atoms with Gasteiger partial charge in [0.25, 0.3) is 5.91 Å². The topological polar surface area (TPSA) is 66.4 Å². The van der Waals surface area contributed by atoms with Gasteiger partial charge in [0.1, 0.15) is 6.04 Å². The van der Waals surface area contributed by atoms with Crippen LogP contribution in [0.4, 0.5) is 0 Å². The van der Waals surface area contributed by atoms with Crippen molar-refractivity contribution in [3.63, 3.8) is 0 Å². The normalized spacial score (nSPS) is 12.2. The molecule has 0 aromatic heterocycles. The third-order valence-corrected chi connectivity index (χ3v) is 4.13.